The second-order valence-corrected chi connectivity index (χ2v) is 4.34. The number of piperazine rings is 1. The summed E-state index contributed by atoms with van der Waals surface area (Å²) in [7, 11) is 0. The Labute approximate surface area is 85.4 Å². The van der Waals surface area contributed by atoms with Gasteiger partial charge >= 0.3 is 0 Å². The lowest BCUT2D eigenvalue weighted by Gasteiger charge is -2.31. The molecule has 2 fully saturated rings. The molecule has 0 aromatic heterocycles. The highest BCUT2D eigenvalue weighted by molar-refractivity contribution is 5.81. The van der Waals surface area contributed by atoms with Gasteiger partial charge in [-0.15, -0.1) is 0 Å². The van der Waals surface area contributed by atoms with Gasteiger partial charge in [0.05, 0.1) is 32.7 Å². The van der Waals surface area contributed by atoms with E-state index in [-0.39, 0.29) is 0 Å². The predicted octanol–water partition coefficient (Wildman–Crippen LogP) is -0.690. The number of quaternary nitrogens is 1. The van der Waals surface area contributed by atoms with Crippen LogP contribution in [0, 0.1) is 5.92 Å². The lowest BCUT2D eigenvalue weighted by atomic mass is 10.2. The van der Waals surface area contributed by atoms with E-state index in [1.807, 2.05) is 11.0 Å². The molecule has 0 radical (unpaired) electrons. The van der Waals surface area contributed by atoms with Crippen LogP contribution in [0.2, 0.25) is 0 Å². The van der Waals surface area contributed by atoms with Gasteiger partial charge in [0.1, 0.15) is 0 Å². The van der Waals surface area contributed by atoms with Crippen LogP contribution in [0.25, 0.3) is 0 Å². The first-order valence-electron chi connectivity index (χ1n) is 5.54. The Morgan fingerprint density at radius 1 is 1.43 bits per heavy atom. The van der Waals surface area contributed by atoms with Crippen LogP contribution < -0.4 is 4.90 Å². The molecule has 0 unspecified atom stereocenters. The number of hydrogen-bond acceptors (Lipinski definition) is 1. The molecule has 3 heteroatoms. The highest BCUT2D eigenvalue weighted by atomic mass is 16.2. The lowest BCUT2D eigenvalue weighted by molar-refractivity contribution is -0.898. The zero-order chi connectivity index (χ0) is 9.97. The zero-order valence-corrected chi connectivity index (χ0v) is 8.67. The number of hydrogen-bond donors (Lipinski definition) is 1. The van der Waals surface area contributed by atoms with Crippen molar-refractivity contribution in [3.63, 3.8) is 0 Å². The molecule has 78 valence electrons. The number of carbonyl (C=O) groups is 1. The molecule has 0 aromatic carbocycles. The van der Waals surface area contributed by atoms with Crippen molar-refractivity contribution < 1.29 is 9.69 Å². The summed E-state index contributed by atoms with van der Waals surface area (Å²) in [5.41, 5.74) is 0. The quantitative estimate of drug-likeness (QED) is 0.592. The van der Waals surface area contributed by atoms with Crippen molar-refractivity contribution in [2.45, 2.75) is 12.8 Å². The van der Waals surface area contributed by atoms with Crippen molar-refractivity contribution in [3.05, 3.63) is 12.7 Å². The summed E-state index contributed by atoms with van der Waals surface area (Å²) < 4.78 is 0. The molecule has 0 spiro atoms. The number of amides is 1. The molecule has 0 bridgehead atoms. The number of nitrogens with zero attached hydrogens (tertiary/aromatic N) is 1. The zero-order valence-electron chi connectivity index (χ0n) is 8.67. The Balaban J connectivity index is 1.77. The molecule has 1 aliphatic carbocycles. The molecule has 1 amide bonds. The van der Waals surface area contributed by atoms with Gasteiger partial charge in [0.2, 0.25) is 5.91 Å². The smallest absolute Gasteiger partial charge is 0.226 e. The fourth-order valence-electron chi connectivity index (χ4n) is 2.04. The Hall–Kier alpha value is -0.830. The van der Waals surface area contributed by atoms with E-state index in [0.29, 0.717) is 11.8 Å². The Kier molecular flexibility index (Phi) is 2.87. The molecule has 0 aromatic rings. The summed E-state index contributed by atoms with van der Waals surface area (Å²) in [5.74, 6) is 0.790. The van der Waals surface area contributed by atoms with Gasteiger partial charge in [-0.3, -0.25) is 4.79 Å². The third-order valence-corrected chi connectivity index (χ3v) is 3.14. The minimum atomic E-state index is 0.385. The molecule has 1 saturated carbocycles. The molecule has 1 saturated heterocycles. The summed E-state index contributed by atoms with van der Waals surface area (Å²) >= 11 is 0. The van der Waals surface area contributed by atoms with Gasteiger partial charge in [-0.2, -0.15) is 0 Å². The van der Waals surface area contributed by atoms with Crippen molar-refractivity contribution in [1.82, 2.24) is 4.90 Å². The Morgan fingerprint density at radius 2 is 2.07 bits per heavy atom. The molecule has 3 nitrogen and oxygen atoms in total. The third-order valence-electron chi connectivity index (χ3n) is 3.14. The van der Waals surface area contributed by atoms with Crippen LogP contribution >= 0.6 is 0 Å². The standard InChI is InChI=1S/C11H18N2O/c1-2-5-12-6-8-13(9-7-12)11(14)10-3-4-10/h2,10H,1,3-9H2/p+1. The number of rotatable bonds is 3. The molecule has 2 aliphatic rings. The number of nitrogens with one attached hydrogen (secondary N) is 1. The first-order valence-corrected chi connectivity index (χ1v) is 5.54. The SMILES string of the molecule is C=CC[NH+]1CCN(C(=O)C2CC2)CC1. The van der Waals surface area contributed by atoms with Gasteiger partial charge in [0.15, 0.2) is 0 Å². The topological polar surface area (TPSA) is 24.8 Å². The maximum Gasteiger partial charge on any atom is 0.226 e. The van der Waals surface area contributed by atoms with E-state index in [2.05, 4.69) is 6.58 Å². The van der Waals surface area contributed by atoms with Gasteiger partial charge < -0.3 is 9.80 Å². The van der Waals surface area contributed by atoms with E-state index in [1.165, 1.54) is 0 Å². The van der Waals surface area contributed by atoms with E-state index >= 15 is 0 Å². The highest BCUT2D eigenvalue weighted by Crippen LogP contribution is 2.30. The fourth-order valence-corrected chi connectivity index (χ4v) is 2.04. The van der Waals surface area contributed by atoms with Crippen molar-refractivity contribution in [2.24, 2.45) is 5.92 Å². The van der Waals surface area contributed by atoms with E-state index in [0.717, 1.165) is 45.6 Å². The van der Waals surface area contributed by atoms with Crippen molar-refractivity contribution in [1.29, 1.82) is 0 Å². The van der Waals surface area contributed by atoms with Crippen molar-refractivity contribution >= 4 is 5.91 Å². The van der Waals surface area contributed by atoms with Crippen molar-refractivity contribution in [2.75, 3.05) is 32.7 Å². The molecule has 2 rings (SSSR count). The second kappa shape index (κ2) is 4.13. The van der Waals surface area contributed by atoms with E-state index in [4.69, 9.17) is 0 Å². The molecule has 0 atom stereocenters. The van der Waals surface area contributed by atoms with Gasteiger partial charge in [-0.05, 0) is 18.9 Å². The maximum atomic E-state index is 11.7. The molecular formula is C11H19N2O+. The largest absolute Gasteiger partial charge is 0.331 e. The normalized spacial score (nSPS) is 23.6. The van der Waals surface area contributed by atoms with Gasteiger partial charge in [-0.25, -0.2) is 0 Å². The minimum absolute atomic E-state index is 0.385. The summed E-state index contributed by atoms with van der Waals surface area (Å²) in [6, 6.07) is 0. The van der Waals surface area contributed by atoms with Gasteiger partial charge in [-0.1, -0.05) is 6.58 Å². The van der Waals surface area contributed by atoms with Crippen molar-refractivity contribution in [3.8, 4) is 0 Å². The predicted molar refractivity (Wildman–Crippen MR) is 55.1 cm³/mol. The lowest BCUT2D eigenvalue weighted by Crippen LogP contribution is -3.14. The molecular weight excluding hydrogens is 176 g/mol. The monoisotopic (exact) mass is 195 g/mol. The summed E-state index contributed by atoms with van der Waals surface area (Å²) in [4.78, 5) is 15.3. The van der Waals surface area contributed by atoms with Crippen LogP contribution in [0.15, 0.2) is 12.7 Å². The number of carbonyl (C=O) groups excluding carboxylic acids is 1. The third kappa shape index (κ3) is 2.15. The van der Waals surface area contributed by atoms with Crippen LogP contribution in [-0.4, -0.2) is 43.5 Å². The molecule has 14 heavy (non-hydrogen) atoms. The van der Waals surface area contributed by atoms with Crippen LogP contribution in [0.4, 0.5) is 0 Å². The summed E-state index contributed by atoms with van der Waals surface area (Å²) in [6.45, 7) is 8.84. The Bertz CT molecular complexity index is 227. The van der Waals surface area contributed by atoms with E-state index in [9.17, 15) is 4.79 Å². The first-order chi connectivity index (χ1) is 6.81. The van der Waals surface area contributed by atoms with E-state index < -0.39 is 0 Å². The minimum Gasteiger partial charge on any atom is -0.331 e. The van der Waals surface area contributed by atoms with Gasteiger partial charge in [0.25, 0.3) is 0 Å². The van der Waals surface area contributed by atoms with Gasteiger partial charge in [0, 0.05) is 5.92 Å². The molecule has 1 aliphatic heterocycles. The molecule has 1 heterocycles. The first kappa shape index (κ1) is 9.71. The average Bonchev–Trinajstić information content (AvgIpc) is 3.02. The maximum absolute atomic E-state index is 11.7. The van der Waals surface area contributed by atoms with Crippen LogP contribution in [0.3, 0.4) is 0 Å². The van der Waals surface area contributed by atoms with Crippen LogP contribution in [-0.2, 0) is 4.79 Å². The summed E-state index contributed by atoms with van der Waals surface area (Å²) in [6.07, 6.45) is 4.21. The van der Waals surface area contributed by atoms with Crippen LogP contribution in [0.5, 0.6) is 0 Å². The van der Waals surface area contributed by atoms with E-state index in [1.54, 1.807) is 4.90 Å². The average molecular weight is 195 g/mol. The fraction of sp³-hybridized carbons (Fsp3) is 0.727. The second-order valence-electron chi connectivity index (χ2n) is 4.34. The van der Waals surface area contributed by atoms with Crippen LogP contribution in [0.1, 0.15) is 12.8 Å². The molecule has 1 N–H and O–H groups in total. The highest BCUT2D eigenvalue weighted by Gasteiger charge is 2.35. The summed E-state index contributed by atoms with van der Waals surface area (Å²) in [5, 5.41) is 0. The Morgan fingerprint density at radius 3 is 2.57 bits per heavy atom.